The van der Waals surface area contributed by atoms with Gasteiger partial charge >= 0.3 is 0 Å². The lowest BCUT2D eigenvalue weighted by Gasteiger charge is -2.26. The largest absolute Gasteiger partial charge is 0.507 e. The summed E-state index contributed by atoms with van der Waals surface area (Å²) in [5, 5.41) is 12.3. The molecular formula is C31H29FN2O4. The summed E-state index contributed by atoms with van der Waals surface area (Å²) < 4.78 is 19.3. The van der Waals surface area contributed by atoms with Crippen LogP contribution in [0.15, 0.2) is 78.4 Å². The number of nitrogens with one attached hydrogen (secondary N) is 1. The molecule has 2 N–H and O–H groups in total. The Bertz CT molecular complexity index is 1530. The summed E-state index contributed by atoms with van der Waals surface area (Å²) >= 11 is 0. The van der Waals surface area contributed by atoms with Crippen LogP contribution in [-0.4, -0.2) is 33.3 Å². The maximum atomic E-state index is 13.5. The molecule has 1 amide bonds. The Labute approximate surface area is 220 Å². The van der Waals surface area contributed by atoms with Crippen molar-refractivity contribution < 1.29 is 23.8 Å². The van der Waals surface area contributed by atoms with Gasteiger partial charge in [0.25, 0.3) is 11.7 Å². The Kier molecular flexibility index (Phi) is 6.76. The monoisotopic (exact) mass is 512 g/mol. The third-order valence-electron chi connectivity index (χ3n) is 6.73. The summed E-state index contributed by atoms with van der Waals surface area (Å²) in [5.74, 6) is -1.12. The Hall–Kier alpha value is -4.39. The molecule has 3 aromatic carbocycles. The Morgan fingerprint density at radius 1 is 1.03 bits per heavy atom. The van der Waals surface area contributed by atoms with E-state index in [2.05, 4.69) is 18.8 Å². The summed E-state index contributed by atoms with van der Waals surface area (Å²) in [6.45, 7) is 6.62. The molecule has 4 aromatic rings. The van der Waals surface area contributed by atoms with Crippen LogP contribution in [0, 0.1) is 18.7 Å². The van der Waals surface area contributed by atoms with E-state index in [0.29, 0.717) is 29.4 Å². The summed E-state index contributed by atoms with van der Waals surface area (Å²) in [7, 11) is 0. The smallest absolute Gasteiger partial charge is 0.295 e. The second-order valence-corrected chi connectivity index (χ2v) is 9.99. The lowest BCUT2D eigenvalue weighted by atomic mass is 9.93. The zero-order valence-electron chi connectivity index (χ0n) is 21.5. The van der Waals surface area contributed by atoms with E-state index >= 15 is 0 Å². The van der Waals surface area contributed by atoms with Crippen LogP contribution in [0.5, 0.6) is 5.75 Å². The van der Waals surface area contributed by atoms with Crippen molar-refractivity contribution in [2.24, 2.45) is 5.92 Å². The number of rotatable bonds is 7. The van der Waals surface area contributed by atoms with Gasteiger partial charge in [-0.15, -0.1) is 0 Å². The van der Waals surface area contributed by atoms with Gasteiger partial charge in [-0.3, -0.25) is 9.59 Å². The normalized spacial score (nSPS) is 17.1. The molecule has 6 nitrogen and oxygen atoms in total. The average molecular weight is 513 g/mol. The number of carbonyl (C=O) groups is 2. The number of hydrogen-bond acceptors (Lipinski definition) is 4. The topological polar surface area (TPSA) is 82.6 Å². The number of H-pyrrole nitrogens is 1. The standard InChI is InChI=1S/C31H29FN2O4/c1-18(2)17-38-23-14-10-21(11-15-23)29(35)27-28(26-19(3)33-25-7-5-4-6-24(25)26)34(31(37)30(27)36)16-20-8-12-22(32)13-9-20/h4-15,18,28,33,35H,16-17H2,1-3H3/b29-27+. The summed E-state index contributed by atoms with van der Waals surface area (Å²) in [6.07, 6.45) is 0. The maximum Gasteiger partial charge on any atom is 0.295 e. The first-order valence-electron chi connectivity index (χ1n) is 12.6. The van der Waals surface area contributed by atoms with Gasteiger partial charge < -0.3 is 19.7 Å². The SMILES string of the molecule is Cc1[nH]c2ccccc2c1C1/C(=C(\O)c2ccc(OCC(C)C)cc2)C(=O)C(=O)N1Cc1ccc(F)cc1. The molecule has 0 bridgehead atoms. The number of aromatic nitrogens is 1. The minimum absolute atomic E-state index is 0.0146. The van der Waals surface area contributed by atoms with E-state index in [-0.39, 0.29) is 23.7 Å². The number of Topliss-reactive ketones (excluding diaryl/α,β-unsaturated/α-hetero) is 1. The molecule has 5 rings (SSSR count). The van der Waals surface area contributed by atoms with E-state index in [4.69, 9.17) is 4.74 Å². The number of ketones is 1. The Balaban J connectivity index is 1.63. The zero-order chi connectivity index (χ0) is 27.0. The van der Waals surface area contributed by atoms with Crippen molar-refractivity contribution in [3.05, 3.63) is 107 Å². The number of fused-ring (bicyclic) bond motifs is 1. The Morgan fingerprint density at radius 3 is 2.39 bits per heavy atom. The van der Waals surface area contributed by atoms with Crippen LogP contribution in [0.25, 0.3) is 16.7 Å². The molecule has 194 valence electrons. The van der Waals surface area contributed by atoms with Gasteiger partial charge in [0.2, 0.25) is 0 Å². The van der Waals surface area contributed by atoms with Crippen LogP contribution in [0.3, 0.4) is 0 Å². The molecule has 0 spiro atoms. The average Bonchev–Trinajstić information content (AvgIpc) is 3.36. The number of aliphatic hydroxyl groups excluding tert-OH is 1. The molecule has 0 aliphatic carbocycles. The highest BCUT2D eigenvalue weighted by Gasteiger charge is 2.47. The number of carbonyl (C=O) groups excluding carboxylic acids is 2. The Morgan fingerprint density at radius 2 is 1.71 bits per heavy atom. The van der Waals surface area contributed by atoms with Crippen LogP contribution >= 0.6 is 0 Å². The fourth-order valence-electron chi connectivity index (χ4n) is 4.91. The lowest BCUT2D eigenvalue weighted by Crippen LogP contribution is -2.29. The van der Waals surface area contributed by atoms with Crippen LogP contribution in [0.1, 0.15) is 42.3 Å². The molecule has 38 heavy (non-hydrogen) atoms. The van der Waals surface area contributed by atoms with Crippen molar-refractivity contribution in [2.45, 2.75) is 33.4 Å². The quantitative estimate of drug-likeness (QED) is 0.174. The summed E-state index contributed by atoms with van der Waals surface area (Å²) in [6, 6.07) is 19.4. The lowest BCUT2D eigenvalue weighted by molar-refractivity contribution is -0.140. The van der Waals surface area contributed by atoms with Gasteiger partial charge in [-0.25, -0.2) is 4.39 Å². The number of aliphatic hydroxyl groups is 1. The molecule has 7 heteroatoms. The van der Waals surface area contributed by atoms with Gasteiger partial charge in [-0.1, -0.05) is 44.2 Å². The van der Waals surface area contributed by atoms with E-state index in [1.165, 1.54) is 17.0 Å². The van der Waals surface area contributed by atoms with Crippen molar-refractivity contribution in [1.29, 1.82) is 0 Å². The van der Waals surface area contributed by atoms with E-state index in [0.717, 1.165) is 22.2 Å². The predicted octanol–water partition coefficient (Wildman–Crippen LogP) is 6.27. The first-order valence-corrected chi connectivity index (χ1v) is 12.6. The third-order valence-corrected chi connectivity index (χ3v) is 6.73. The molecule has 1 aromatic heterocycles. The fraction of sp³-hybridized carbons (Fsp3) is 0.226. The number of hydrogen-bond donors (Lipinski definition) is 2. The summed E-state index contributed by atoms with van der Waals surface area (Å²) in [4.78, 5) is 31.7. The van der Waals surface area contributed by atoms with Crippen molar-refractivity contribution in [3.63, 3.8) is 0 Å². The third kappa shape index (κ3) is 4.67. The molecule has 1 unspecified atom stereocenters. The molecule has 1 atom stereocenters. The van der Waals surface area contributed by atoms with E-state index in [1.54, 1.807) is 36.4 Å². The van der Waals surface area contributed by atoms with E-state index in [9.17, 15) is 19.1 Å². The van der Waals surface area contributed by atoms with E-state index < -0.39 is 17.7 Å². The van der Waals surface area contributed by atoms with Crippen molar-refractivity contribution in [2.75, 3.05) is 6.61 Å². The number of nitrogens with zero attached hydrogens (tertiary/aromatic N) is 1. The number of para-hydroxylation sites is 1. The molecule has 0 saturated carbocycles. The van der Waals surface area contributed by atoms with Crippen LogP contribution in [0.4, 0.5) is 4.39 Å². The van der Waals surface area contributed by atoms with Gasteiger partial charge in [0.1, 0.15) is 17.3 Å². The van der Waals surface area contributed by atoms with Gasteiger partial charge in [0.15, 0.2) is 0 Å². The number of benzene rings is 3. The highest BCUT2D eigenvalue weighted by atomic mass is 19.1. The van der Waals surface area contributed by atoms with Crippen molar-refractivity contribution in [1.82, 2.24) is 9.88 Å². The highest BCUT2D eigenvalue weighted by Crippen LogP contribution is 2.44. The number of likely N-dealkylation sites (tertiary alicyclic amines) is 1. The van der Waals surface area contributed by atoms with Gasteiger partial charge in [0, 0.05) is 34.3 Å². The zero-order valence-corrected chi connectivity index (χ0v) is 21.5. The second kappa shape index (κ2) is 10.2. The van der Waals surface area contributed by atoms with Crippen LogP contribution < -0.4 is 4.74 Å². The van der Waals surface area contributed by atoms with Crippen LogP contribution in [-0.2, 0) is 16.1 Å². The number of amides is 1. The first kappa shape index (κ1) is 25.3. The number of aryl methyl sites for hydroxylation is 1. The maximum absolute atomic E-state index is 13.5. The van der Waals surface area contributed by atoms with Gasteiger partial charge in [-0.2, -0.15) is 0 Å². The molecule has 1 aliphatic rings. The van der Waals surface area contributed by atoms with Gasteiger partial charge in [0.05, 0.1) is 18.2 Å². The number of halogens is 1. The molecule has 1 saturated heterocycles. The first-order chi connectivity index (χ1) is 18.2. The molecule has 1 fully saturated rings. The van der Waals surface area contributed by atoms with Crippen LogP contribution in [0.2, 0.25) is 0 Å². The number of ether oxygens (including phenoxy) is 1. The van der Waals surface area contributed by atoms with Crippen molar-refractivity contribution >= 4 is 28.4 Å². The van der Waals surface area contributed by atoms with Crippen molar-refractivity contribution in [3.8, 4) is 5.75 Å². The van der Waals surface area contributed by atoms with E-state index in [1.807, 2.05) is 31.2 Å². The number of aromatic amines is 1. The molecule has 1 aliphatic heterocycles. The highest BCUT2D eigenvalue weighted by molar-refractivity contribution is 6.46. The molecule has 0 radical (unpaired) electrons. The molecule has 2 heterocycles. The molecular weight excluding hydrogens is 483 g/mol. The predicted molar refractivity (Wildman–Crippen MR) is 144 cm³/mol. The minimum Gasteiger partial charge on any atom is -0.507 e. The fourth-order valence-corrected chi connectivity index (χ4v) is 4.91. The second-order valence-electron chi connectivity index (χ2n) is 9.99. The minimum atomic E-state index is -0.840. The van der Waals surface area contributed by atoms with Gasteiger partial charge in [-0.05, 0) is 60.9 Å². The summed E-state index contributed by atoms with van der Waals surface area (Å²) in [5.41, 5.74) is 3.47.